The van der Waals surface area contributed by atoms with Crippen molar-refractivity contribution in [2.45, 2.75) is 44.7 Å². The minimum atomic E-state index is -0.554. The predicted octanol–water partition coefficient (Wildman–Crippen LogP) is 5.01. The molecular weight excluding hydrogens is 404 g/mol. The van der Waals surface area contributed by atoms with Gasteiger partial charge in [0, 0.05) is 35.2 Å². The lowest BCUT2D eigenvalue weighted by molar-refractivity contribution is -0.140. The van der Waals surface area contributed by atoms with Crippen molar-refractivity contribution in [1.29, 1.82) is 0 Å². The van der Waals surface area contributed by atoms with Gasteiger partial charge in [-0.05, 0) is 42.7 Å². The number of thioether (sulfide) groups is 1. The first-order valence-corrected chi connectivity index (χ1v) is 11.2. The van der Waals surface area contributed by atoms with Gasteiger partial charge in [0.25, 0.3) is 0 Å². The van der Waals surface area contributed by atoms with E-state index in [1.807, 2.05) is 62.4 Å². The van der Waals surface area contributed by atoms with Crippen LogP contribution >= 0.6 is 23.4 Å². The number of hydrogen-bond donors (Lipinski definition) is 1. The van der Waals surface area contributed by atoms with Crippen molar-refractivity contribution in [3.05, 3.63) is 65.2 Å². The largest absolute Gasteiger partial charge is 0.354 e. The predicted molar refractivity (Wildman–Crippen MR) is 121 cm³/mol. The molecule has 1 unspecified atom stereocenters. The number of benzene rings is 2. The van der Waals surface area contributed by atoms with E-state index in [1.54, 1.807) is 29.7 Å². The van der Waals surface area contributed by atoms with Gasteiger partial charge < -0.3 is 10.2 Å². The first-order chi connectivity index (χ1) is 13.9. The van der Waals surface area contributed by atoms with Crippen molar-refractivity contribution >= 4 is 35.2 Å². The van der Waals surface area contributed by atoms with Crippen LogP contribution in [0.4, 0.5) is 0 Å². The van der Waals surface area contributed by atoms with E-state index < -0.39 is 6.04 Å². The Bertz CT molecular complexity index is 798. The van der Waals surface area contributed by atoms with Gasteiger partial charge in [0.2, 0.25) is 11.8 Å². The molecule has 0 aromatic heterocycles. The average molecular weight is 433 g/mol. The summed E-state index contributed by atoms with van der Waals surface area (Å²) in [6, 6.07) is 16.8. The quantitative estimate of drug-likeness (QED) is 0.537. The third-order valence-electron chi connectivity index (χ3n) is 4.42. The topological polar surface area (TPSA) is 49.4 Å². The van der Waals surface area contributed by atoms with Crippen molar-refractivity contribution < 1.29 is 9.59 Å². The van der Waals surface area contributed by atoms with Crippen LogP contribution in [-0.4, -0.2) is 35.1 Å². The number of amides is 2. The summed E-state index contributed by atoms with van der Waals surface area (Å²) < 4.78 is 0. The number of carbonyl (C=O) groups excluding carboxylic acids is 2. The fraction of sp³-hybridized carbons (Fsp3) is 0.391. The molecule has 2 rings (SSSR count). The Labute approximate surface area is 183 Å². The Morgan fingerprint density at radius 2 is 1.79 bits per heavy atom. The molecule has 156 valence electrons. The van der Waals surface area contributed by atoms with Crippen LogP contribution in [0.25, 0.3) is 0 Å². The van der Waals surface area contributed by atoms with Crippen LogP contribution < -0.4 is 5.32 Å². The molecule has 0 saturated carbocycles. The number of rotatable bonds is 10. The minimum Gasteiger partial charge on any atom is -0.354 e. The molecule has 2 aromatic carbocycles. The molecule has 0 heterocycles. The molecule has 0 bridgehead atoms. The van der Waals surface area contributed by atoms with E-state index in [2.05, 4.69) is 5.32 Å². The molecule has 2 aromatic rings. The molecule has 1 atom stereocenters. The van der Waals surface area contributed by atoms with E-state index in [0.717, 1.165) is 10.5 Å². The number of hydrogen-bond acceptors (Lipinski definition) is 3. The number of nitrogens with one attached hydrogen (secondary N) is 1. The van der Waals surface area contributed by atoms with Crippen LogP contribution in [0, 0.1) is 5.92 Å². The number of halogens is 1. The van der Waals surface area contributed by atoms with Gasteiger partial charge in [-0.1, -0.05) is 55.8 Å². The van der Waals surface area contributed by atoms with Gasteiger partial charge in [-0.25, -0.2) is 0 Å². The third-order valence-corrected chi connectivity index (χ3v) is 5.67. The maximum Gasteiger partial charge on any atom is 0.242 e. The summed E-state index contributed by atoms with van der Waals surface area (Å²) in [4.78, 5) is 28.4. The Morgan fingerprint density at radius 3 is 2.45 bits per heavy atom. The minimum absolute atomic E-state index is 0.0411. The van der Waals surface area contributed by atoms with Crippen LogP contribution in [0.3, 0.4) is 0 Å². The summed E-state index contributed by atoms with van der Waals surface area (Å²) in [6.07, 6.45) is 0.363. The molecule has 0 aliphatic carbocycles. The van der Waals surface area contributed by atoms with E-state index in [1.165, 1.54) is 0 Å². The molecule has 0 spiro atoms. The van der Waals surface area contributed by atoms with E-state index in [0.29, 0.717) is 36.2 Å². The number of nitrogens with zero attached hydrogens (tertiary/aromatic N) is 1. The summed E-state index contributed by atoms with van der Waals surface area (Å²) >= 11 is 7.74. The maximum atomic E-state index is 13.0. The summed E-state index contributed by atoms with van der Waals surface area (Å²) in [7, 11) is 0. The molecule has 0 saturated heterocycles. The lowest BCUT2D eigenvalue weighted by Gasteiger charge is -2.29. The molecule has 1 N–H and O–H groups in total. The zero-order valence-corrected chi connectivity index (χ0v) is 18.8. The van der Waals surface area contributed by atoms with E-state index >= 15 is 0 Å². The van der Waals surface area contributed by atoms with Crippen LogP contribution in [0.5, 0.6) is 0 Å². The van der Waals surface area contributed by atoms with Gasteiger partial charge in [0.1, 0.15) is 6.04 Å². The standard InChI is InChI=1S/C23H29ClN2O2S/c1-17(2)15-25-23(28)18(3)26(16-19-8-7-9-20(24)14-19)22(27)12-13-29-21-10-5-4-6-11-21/h4-11,14,17-18H,12-13,15-16H2,1-3H3,(H,25,28). The molecule has 0 aliphatic heterocycles. The molecule has 2 amide bonds. The van der Waals surface area contributed by atoms with E-state index in [-0.39, 0.29) is 11.8 Å². The second-order valence-corrected chi connectivity index (χ2v) is 8.98. The van der Waals surface area contributed by atoms with Crippen molar-refractivity contribution in [2.75, 3.05) is 12.3 Å². The summed E-state index contributed by atoms with van der Waals surface area (Å²) in [5, 5.41) is 3.55. The Kier molecular flexibility index (Phi) is 9.55. The Morgan fingerprint density at radius 1 is 1.07 bits per heavy atom. The fourth-order valence-corrected chi connectivity index (χ4v) is 3.86. The van der Waals surface area contributed by atoms with Gasteiger partial charge in [0.05, 0.1) is 0 Å². The Balaban J connectivity index is 2.05. The van der Waals surface area contributed by atoms with Crippen LogP contribution in [0.1, 0.15) is 32.8 Å². The fourth-order valence-electron chi connectivity index (χ4n) is 2.78. The molecule has 0 aliphatic rings. The zero-order valence-electron chi connectivity index (χ0n) is 17.2. The van der Waals surface area contributed by atoms with Crippen molar-refractivity contribution in [1.82, 2.24) is 10.2 Å². The lowest BCUT2D eigenvalue weighted by Crippen LogP contribution is -2.48. The zero-order chi connectivity index (χ0) is 21.2. The van der Waals surface area contributed by atoms with Gasteiger partial charge in [-0.2, -0.15) is 0 Å². The van der Waals surface area contributed by atoms with E-state index in [9.17, 15) is 9.59 Å². The third kappa shape index (κ3) is 8.11. The second-order valence-electron chi connectivity index (χ2n) is 7.38. The molecule has 29 heavy (non-hydrogen) atoms. The van der Waals surface area contributed by atoms with Crippen LogP contribution in [0.15, 0.2) is 59.5 Å². The van der Waals surface area contributed by atoms with Crippen molar-refractivity contribution in [3.63, 3.8) is 0 Å². The maximum absolute atomic E-state index is 13.0. The average Bonchev–Trinajstić information content (AvgIpc) is 2.70. The molecule has 0 radical (unpaired) electrons. The Hall–Kier alpha value is -1.98. The van der Waals surface area contributed by atoms with Crippen molar-refractivity contribution in [3.8, 4) is 0 Å². The summed E-state index contributed by atoms with van der Waals surface area (Å²) in [5.74, 6) is 0.839. The van der Waals surface area contributed by atoms with E-state index in [4.69, 9.17) is 11.6 Å². The normalized spacial score (nSPS) is 11.9. The van der Waals surface area contributed by atoms with Crippen LogP contribution in [0.2, 0.25) is 5.02 Å². The molecule has 0 fully saturated rings. The first kappa shape index (κ1) is 23.3. The highest BCUT2D eigenvalue weighted by atomic mass is 35.5. The highest BCUT2D eigenvalue weighted by molar-refractivity contribution is 7.99. The summed E-state index contributed by atoms with van der Waals surface area (Å²) in [5.41, 5.74) is 0.907. The van der Waals surface area contributed by atoms with Gasteiger partial charge in [-0.3, -0.25) is 9.59 Å². The molecule has 6 heteroatoms. The van der Waals surface area contributed by atoms with Crippen LogP contribution in [-0.2, 0) is 16.1 Å². The number of carbonyl (C=O) groups is 2. The second kappa shape index (κ2) is 11.9. The SMILES string of the molecule is CC(C)CNC(=O)C(C)N(Cc1cccc(Cl)c1)C(=O)CCSc1ccccc1. The smallest absolute Gasteiger partial charge is 0.242 e. The highest BCUT2D eigenvalue weighted by Crippen LogP contribution is 2.20. The monoisotopic (exact) mass is 432 g/mol. The highest BCUT2D eigenvalue weighted by Gasteiger charge is 2.26. The van der Waals surface area contributed by atoms with Gasteiger partial charge in [0.15, 0.2) is 0 Å². The molecule has 4 nitrogen and oxygen atoms in total. The first-order valence-electron chi connectivity index (χ1n) is 9.86. The molecular formula is C23H29ClN2O2S. The van der Waals surface area contributed by atoms with Gasteiger partial charge >= 0.3 is 0 Å². The van der Waals surface area contributed by atoms with Crippen molar-refractivity contribution in [2.24, 2.45) is 5.92 Å². The van der Waals surface area contributed by atoms with Gasteiger partial charge in [-0.15, -0.1) is 11.8 Å². The lowest BCUT2D eigenvalue weighted by atomic mass is 10.1. The summed E-state index contributed by atoms with van der Waals surface area (Å²) in [6.45, 7) is 6.81.